The molecule has 2 amide bonds. The Morgan fingerprint density at radius 3 is 2.45 bits per heavy atom. The quantitative estimate of drug-likeness (QED) is 0.579. The third-order valence-electron chi connectivity index (χ3n) is 6.05. The van der Waals surface area contributed by atoms with Crippen molar-refractivity contribution in [2.24, 2.45) is 5.92 Å². The van der Waals surface area contributed by atoms with Crippen LogP contribution in [0, 0.1) is 5.92 Å². The molecule has 2 aromatic rings. The second-order valence-corrected chi connectivity index (χ2v) is 10.4. The molecule has 3 heterocycles. The van der Waals surface area contributed by atoms with Crippen molar-refractivity contribution < 1.29 is 18.0 Å². The fourth-order valence-corrected chi connectivity index (χ4v) is 5.70. The Morgan fingerprint density at radius 2 is 1.76 bits per heavy atom. The van der Waals surface area contributed by atoms with Crippen LogP contribution in [0.25, 0.3) is 0 Å². The van der Waals surface area contributed by atoms with Crippen LogP contribution < -0.4 is 15.1 Å². The van der Waals surface area contributed by atoms with E-state index in [0.717, 1.165) is 11.5 Å². The first kappa shape index (κ1) is 23.2. The van der Waals surface area contributed by atoms with Crippen LogP contribution in [-0.4, -0.2) is 74.5 Å². The molecule has 2 aliphatic heterocycles. The minimum absolute atomic E-state index is 0.0173. The standard InChI is InChI=1S/C23H29N5O4S/c29-22-17-19(18-28(22)20-7-2-1-3-8-20)23(30)25-11-6-16-33(31,32)27-14-12-26(13-15-27)21-9-4-5-10-24-21/h1-5,7-10,19H,6,11-18H2,(H,25,30). The lowest BCUT2D eigenvalue weighted by atomic mass is 10.1. The predicted octanol–water partition coefficient (Wildman–Crippen LogP) is 1.09. The number of aromatic nitrogens is 1. The number of carbonyl (C=O) groups excluding carboxylic acids is 2. The van der Waals surface area contributed by atoms with E-state index in [0.29, 0.717) is 39.1 Å². The smallest absolute Gasteiger partial charge is 0.227 e. The number of sulfonamides is 1. The number of benzene rings is 1. The predicted molar refractivity (Wildman–Crippen MR) is 126 cm³/mol. The van der Waals surface area contributed by atoms with Crippen molar-refractivity contribution in [3.05, 3.63) is 54.7 Å². The van der Waals surface area contributed by atoms with Gasteiger partial charge in [-0.05, 0) is 30.7 Å². The summed E-state index contributed by atoms with van der Waals surface area (Å²) in [6.45, 7) is 2.65. The van der Waals surface area contributed by atoms with Crippen molar-refractivity contribution in [1.29, 1.82) is 0 Å². The number of amides is 2. The number of anilines is 2. The van der Waals surface area contributed by atoms with Crippen LogP contribution in [-0.2, 0) is 19.6 Å². The third-order valence-corrected chi connectivity index (χ3v) is 8.00. The molecular formula is C23H29N5O4S. The highest BCUT2D eigenvalue weighted by atomic mass is 32.2. The van der Waals surface area contributed by atoms with Crippen LogP contribution in [0.1, 0.15) is 12.8 Å². The Hall–Kier alpha value is -2.98. The van der Waals surface area contributed by atoms with Gasteiger partial charge in [-0.2, -0.15) is 4.31 Å². The first-order valence-electron chi connectivity index (χ1n) is 11.2. The second-order valence-electron chi connectivity index (χ2n) is 8.28. The fraction of sp³-hybridized carbons (Fsp3) is 0.435. The molecule has 1 aromatic heterocycles. The van der Waals surface area contributed by atoms with E-state index in [1.54, 1.807) is 11.1 Å². The molecule has 9 nitrogen and oxygen atoms in total. The maximum absolute atomic E-state index is 12.7. The van der Waals surface area contributed by atoms with E-state index in [2.05, 4.69) is 15.2 Å². The number of piperazine rings is 1. The van der Waals surface area contributed by atoms with Crippen molar-refractivity contribution in [2.45, 2.75) is 12.8 Å². The van der Waals surface area contributed by atoms with Crippen LogP contribution in [0.4, 0.5) is 11.5 Å². The zero-order valence-electron chi connectivity index (χ0n) is 18.5. The Morgan fingerprint density at radius 1 is 1.03 bits per heavy atom. The number of rotatable bonds is 8. The molecule has 2 saturated heterocycles. The third kappa shape index (κ3) is 5.69. The second kappa shape index (κ2) is 10.3. The maximum atomic E-state index is 12.7. The monoisotopic (exact) mass is 471 g/mol. The van der Waals surface area contributed by atoms with E-state index in [1.807, 2.05) is 48.5 Å². The number of nitrogens with zero attached hydrogens (tertiary/aromatic N) is 4. The van der Waals surface area contributed by atoms with Crippen molar-refractivity contribution >= 4 is 33.3 Å². The summed E-state index contributed by atoms with van der Waals surface area (Å²) in [5, 5.41) is 2.80. The number of hydrogen-bond donors (Lipinski definition) is 1. The molecule has 33 heavy (non-hydrogen) atoms. The summed E-state index contributed by atoms with van der Waals surface area (Å²) < 4.78 is 26.9. The number of pyridine rings is 1. The summed E-state index contributed by atoms with van der Waals surface area (Å²) in [7, 11) is -3.39. The molecule has 0 saturated carbocycles. The Balaban J connectivity index is 1.19. The lowest BCUT2D eigenvalue weighted by Crippen LogP contribution is -2.49. The van der Waals surface area contributed by atoms with Gasteiger partial charge in [0, 0.05) is 57.6 Å². The molecule has 176 valence electrons. The van der Waals surface area contributed by atoms with Crippen LogP contribution in [0.2, 0.25) is 0 Å². The zero-order valence-corrected chi connectivity index (χ0v) is 19.3. The molecule has 10 heteroatoms. The van der Waals surface area contributed by atoms with Gasteiger partial charge in [-0.3, -0.25) is 9.59 Å². The summed E-state index contributed by atoms with van der Waals surface area (Å²) in [6.07, 6.45) is 2.23. The van der Waals surface area contributed by atoms with E-state index >= 15 is 0 Å². The summed E-state index contributed by atoms with van der Waals surface area (Å²) in [6, 6.07) is 15.0. The van der Waals surface area contributed by atoms with Gasteiger partial charge in [-0.1, -0.05) is 24.3 Å². The summed E-state index contributed by atoms with van der Waals surface area (Å²) in [5.41, 5.74) is 0.784. The van der Waals surface area contributed by atoms with Crippen molar-refractivity contribution in [2.75, 3.05) is 54.8 Å². The van der Waals surface area contributed by atoms with Gasteiger partial charge in [0.15, 0.2) is 0 Å². The molecular weight excluding hydrogens is 442 g/mol. The van der Waals surface area contributed by atoms with Crippen molar-refractivity contribution in [3.8, 4) is 0 Å². The SMILES string of the molecule is O=C(NCCCS(=O)(=O)N1CCN(c2ccccn2)CC1)C1CC(=O)N(c2ccccc2)C1. The number of carbonyl (C=O) groups is 2. The van der Waals surface area contributed by atoms with Crippen LogP contribution >= 0.6 is 0 Å². The Labute approximate surface area is 194 Å². The summed E-state index contributed by atoms with van der Waals surface area (Å²) >= 11 is 0. The summed E-state index contributed by atoms with van der Waals surface area (Å²) in [5.74, 6) is 0.135. The summed E-state index contributed by atoms with van der Waals surface area (Å²) in [4.78, 5) is 32.8. The number of hydrogen-bond acceptors (Lipinski definition) is 6. The molecule has 1 N–H and O–H groups in total. The highest BCUT2D eigenvalue weighted by Crippen LogP contribution is 2.24. The topological polar surface area (TPSA) is 103 Å². The number of nitrogens with one attached hydrogen (secondary N) is 1. The zero-order chi connectivity index (χ0) is 23.3. The van der Waals surface area contributed by atoms with E-state index in [1.165, 1.54) is 4.31 Å². The average molecular weight is 472 g/mol. The first-order valence-corrected chi connectivity index (χ1v) is 12.8. The molecule has 4 rings (SSSR count). The lowest BCUT2D eigenvalue weighted by molar-refractivity contribution is -0.126. The highest BCUT2D eigenvalue weighted by Gasteiger charge is 2.35. The van der Waals surface area contributed by atoms with Crippen LogP contribution in [0.5, 0.6) is 0 Å². The number of para-hydroxylation sites is 1. The van der Waals surface area contributed by atoms with Crippen molar-refractivity contribution in [3.63, 3.8) is 0 Å². The maximum Gasteiger partial charge on any atom is 0.227 e. The van der Waals surface area contributed by atoms with Gasteiger partial charge in [-0.15, -0.1) is 0 Å². The minimum Gasteiger partial charge on any atom is -0.356 e. The molecule has 2 fully saturated rings. The van der Waals surface area contributed by atoms with Crippen molar-refractivity contribution in [1.82, 2.24) is 14.6 Å². The molecule has 0 aliphatic carbocycles. The Kier molecular flexibility index (Phi) is 7.24. The van der Waals surface area contributed by atoms with E-state index < -0.39 is 15.9 Å². The van der Waals surface area contributed by atoms with Gasteiger partial charge in [0.1, 0.15) is 5.82 Å². The average Bonchev–Trinajstić information content (AvgIpc) is 3.24. The molecule has 1 unspecified atom stereocenters. The van der Waals surface area contributed by atoms with Gasteiger partial charge >= 0.3 is 0 Å². The van der Waals surface area contributed by atoms with Gasteiger partial charge in [0.25, 0.3) is 0 Å². The molecule has 2 aliphatic rings. The largest absolute Gasteiger partial charge is 0.356 e. The van der Waals surface area contributed by atoms with Crippen LogP contribution in [0.3, 0.4) is 0 Å². The van der Waals surface area contributed by atoms with Gasteiger partial charge in [-0.25, -0.2) is 13.4 Å². The molecule has 0 bridgehead atoms. The van der Waals surface area contributed by atoms with E-state index in [4.69, 9.17) is 0 Å². The van der Waals surface area contributed by atoms with Gasteiger partial charge < -0.3 is 15.1 Å². The lowest BCUT2D eigenvalue weighted by Gasteiger charge is -2.34. The van der Waals surface area contributed by atoms with E-state index in [-0.39, 0.29) is 30.5 Å². The molecule has 1 aromatic carbocycles. The first-order chi connectivity index (χ1) is 15.9. The fourth-order valence-electron chi connectivity index (χ4n) is 4.22. The van der Waals surface area contributed by atoms with E-state index in [9.17, 15) is 18.0 Å². The highest BCUT2D eigenvalue weighted by molar-refractivity contribution is 7.89. The minimum atomic E-state index is -3.39. The van der Waals surface area contributed by atoms with Crippen LogP contribution in [0.15, 0.2) is 54.7 Å². The Bertz CT molecular complexity index is 1060. The van der Waals surface area contributed by atoms with Gasteiger partial charge in [0.05, 0.1) is 11.7 Å². The van der Waals surface area contributed by atoms with Gasteiger partial charge in [0.2, 0.25) is 21.8 Å². The molecule has 1 atom stereocenters. The normalized spacial score (nSPS) is 19.6. The molecule has 0 spiro atoms. The molecule has 0 radical (unpaired) electrons.